The molecule has 5 nitrogen and oxygen atoms in total. The van der Waals surface area contributed by atoms with Gasteiger partial charge in [0.15, 0.2) is 0 Å². The summed E-state index contributed by atoms with van der Waals surface area (Å²) in [5.74, 6) is -0.162. The molecule has 1 rings (SSSR count). The Morgan fingerprint density at radius 2 is 2.20 bits per heavy atom. The van der Waals surface area contributed by atoms with E-state index in [0.29, 0.717) is 5.76 Å². The molecule has 1 heterocycles. The van der Waals surface area contributed by atoms with Gasteiger partial charge in [-0.3, -0.25) is 9.59 Å². The monoisotopic (exact) mass is 211 g/mol. The van der Waals surface area contributed by atoms with Crippen LogP contribution in [-0.4, -0.2) is 23.0 Å². The van der Waals surface area contributed by atoms with Gasteiger partial charge in [0.05, 0.1) is 6.42 Å². The van der Waals surface area contributed by atoms with Gasteiger partial charge in [0, 0.05) is 0 Å². The number of carboxylic acid groups (broad SMARTS) is 1. The van der Waals surface area contributed by atoms with Crippen LogP contribution in [0.5, 0.6) is 0 Å². The SMILES string of the molecule is Cc1ccc(CC(=O)N[C@H](C)C(=O)O)o1. The molecule has 0 radical (unpaired) electrons. The Bertz CT molecular complexity index is 369. The average molecular weight is 211 g/mol. The van der Waals surface area contributed by atoms with Crippen LogP contribution in [0.4, 0.5) is 0 Å². The number of rotatable bonds is 4. The van der Waals surface area contributed by atoms with Crippen molar-refractivity contribution in [1.82, 2.24) is 5.32 Å². The first-order valence-electron chi connectivity index (χ1n) is 4.56. The molecular weight excluding hydrogens is 198 g/mol. The smallest absolute Gasteiger partial charge is 0.325 e. The number of carbonyl (C=O) groups is 2. The summed E-state index contributed by atoms with van der Waals surface area (Å²) in [6, 6.07) is 2.57. The maximum atomic E-state index is 11.3. The molecule has 0 spiro atoms. The van der Waals surface area contributed by atoms with E-state index in [1.807, 2.05) is 0 Å². The maximum Gasteiger partial charge on any atom is 0.325 e. The quantitative estimate of drug-likeness (QED) is 0.769. The van der Waals surface area contributed by atoms with E-state index in [2.05, 4.69) is 5.32 Å². The van der Waals surface area contributed by atoms with E-state index in [-0.39, 0.29) is 12.3 Å². The minimum Gasteiger partial charge on any atom is -0.480 e. The molecule has 0 aliphatic heterocycles. The fraction of sp³-hybridized carbons (Fsp3) is 0.400. The van der Waals surface area contributed by atoms with Crippen LogP contribution >= 0.6 is 0 Å². The first-order chi connectivity index (χ1) is 6.99. The number of hydrogen-bond acceptors (Lipinski definition) is 3. The number of amides is 1. The number of carbonyl (C=O) groups excluding carboxylic acids is 1. The first-order valence-corrected chi connectivity index (χ1v) is 4.56. The predicted molar refractivity (Wildman–Crippen MR) is 52.4 cm³/mol. The summed E-state index contributed by atoms with van der Waals surface area (Å²) in [5.41, 5.74) is 0. The second-order valence-electron chi connectivity index (χ2n) is 3.32. The Balaban J connectivity index is 2.46. The Labute approximate surface area is 87.1 Å². The van der Waals surface area contributed by atoms with Crippen LogP contribution in [0.25, 0.3) is 0 Å². The van der Waals surface area contributed by atoms with Crippen molar-refractivity contribution in [3.05, 3.63) is 23.7 Å². The molecule has 0 aromatic carbocycles. The highest BCUT2D eigenvalue weighted by Gasteiger charge is 2.14. The Kier molecular flexibility index (Phi) is 3.49. The highest BCUT2D eigenvalue weighted by molar-refractivity contribution is 5.84. The zero-order valence-corrected chi connectivity index (χ0v) is 8.61. The summed E-state index contributed by atoms with van der Waals surface area (Å²) >= 11 is 0. The molecule has 5 heteroatoms. The maximum absolute atomic E-state index is 11.3. The van der Waals surface area contributed by atoms with Crippen molar-refractivity contribution in [1.29, 1.82) is 0 Å². The third-order valence-electron chi connectivity index (χ3n) is 1.88. The first kappa shape index (κ1) is 11.3. The molecule has 1 aromatic heterocycles. The highest BCUT2D eigenvalue weighted by atomic mass is 16.4. The van der Waals surface area contributed by atoms with Crippen LogP contribution in [-0.2, 0) is 16.0 Å². The molecule has 1 atom stereocenters. The van der Waals surface area contributed by atoms with Crippen LogP contribution in [0.2, 0.25) is 0 Å². The topological polar surface area (TPSA) is 79.5 Å². The average Bonchev–Trinajstić information content (AvgIpc) is 2.50. The van der Waals surface area contributed by atoms with Gasteiger partial charge in [-0.2, -0.15) is 0 Å². The number of aryl methyl sites for hydroxylation is 1. The van der Waals surface area contributed by atoms with Gasteiger partial charge in [0.1, 0.15) is 17.6 Å². The lowest BCUT2D eigenvalue weighted by Crippen LogP contribution is -2.39. The van der Waals surface area contributed by atoms with E-state index < -0.39 is 12.0 Å². The minimum atomic E-state index is -1.06. The van der Waals surface area contributed by atoms with E-state index in [0.717, 1.165) is 5.76 Å². The van der Waals surface area contributed by atoms with Crippen molar-refractivity contribution in [2.45, 2.75) is 26.3 Å². The van der Waals surface area contributed by atoms with Gasteiger partial charge in [0.2, 0.25) is 5.91 Å². The normalized spacial score (nSPS) is 12.1. The molecular formula is C10H13NO4. The lowest BCUT2D eigenvalue weighted by Gasteiger charge is -2.07. The lowest BCUT2D eigenvalue weighted by molar-refractivity contribution is -0.141. The number of carboxylic acids is 1. The lowest BCUT2D eigenvalue weighted by atomic mass is 10.3. The molecule has 0 saturated carbocycles. The van der Waals surface area contributed by atoms with E-state index in [1.165, 1.54) is 6.92 Å². The molecule has 2 N–H and O–H groups in total. The van der Waals surface area contributed by atoms with Crippen LogP contribution in [0.1, 0.15) is 18.4 Å². The molecule has 0 saturated heterocycles. The summed E-state index contributed by atoms with van der Waals surface area (Å²) in [4.78, 5) is 21.8. The molecule has 0 bridgehead atoms. The Morgan fingerprint density at radius 1 is 1.53 bits per heavy atom. The number of aliphatic carboxylic acids is 1. The van der Waals surface area contributed by atoms with Gasteiger partial charge in [-0.05, 0) is 26.0 Å². The van der Waals surface area contributed by atoms with Crippen molar-refractivity contribution in [2.24, 2.45) is 0 Å². The van der Waals surface area contributed by atoms with Crippen molar-refractivity contribution in [3.63, 3.8) is 0 Å². The summed E-state index contributed by atoms with van der Waals surface area (Å²) in [7, 11) is 0. The molecule has 0 unspecified atom stereocenters. The largest absolute Gasteiger partial charge is 0.480 e. The summed E-state index contributed by atoms with van der Waals surface area (Å²) in [5, 5.41) is 10.9. The van der Waals surface area contributed by atoms with Gasteiger partial charge in [-0.15, -0.1) is 0 Å². The zero-order chi connectivity index (χ0) is 11.4. The van der Waals surface area contributed by atoms with Gasteiger partial charge in [-0.1, -0.05) is 0 Å². The molecule has 82 valence electrons. The van der Waals surface area contributed by atoms with Gasteiger partial charge < -0.3 is 14.8 Å². The molecule has 15 heavy (non-hydrogen) atoms. The van der Waals surface area contributed by atoms with Crippen LogP contribution in [0, 0.1) is 6.92 Å². The molecule has 0 aliphatic carbocycles. The van der Waals surface area contributed by atoms with Crippen LogP contribution in [0.3, 0.4) is 0 Å². The van der Waals surface area contributed by atoms with E-state index in [1.54, 1.807) is 19.1 Å². The van der Waals surface area contributed by atoms with Crippen molar-refractivity contribution in [2.75, 3.05) is 0 Å². The van der Waals surface area contributed by atoms with Crippen molar-refractivity contribution < 1.29 is 19.1 Å². The minimum absolute atomic E-state index is 0.0610. The number of nitrogens with one attached hydrogen (secondary N) is 1. The third-order valence-corrected chi connectivity index (χ3v) is 1.88. The summed E-state index contributed by atoms with van der Waals surface area (Å²) < 4.78 is 5.19. The van der Waals surface area contributed by atoms with E-state index in [4.69, 9.17) is 9.52 Å². The third kappa shape index (κ3) is 3.46. The summed E-state index contributed by atoms with van der Waals surface area (Å²) in [6.07, 6.45) is 0.0610. The van der Waals surface area contributed by atoms with Gasteiger partial charge in [-0.25, -0.2) is 0 Å². The van der Waals surface area contributed by atoms with Gasteiger partial charge in [0.25, 0.3) is 0 Å². The van der Waals surface area contributed by atoms with E-state index in [9.17, 15) is 9.59 Å². The fourth-order valence-electron chi connectivity index (χ4n) is 1.09. The fourth-order valence-corrected chi connectivity index (χ4v) is 1.09. The van der Waals surface area contributed by atoms with Crippen molar-refractivity contribution >= 4 is 11.9 Å². The number of furan rings is 1. The molecule has 1 aromatic rings. The standard InChI is InChI=1S/C10H13NO4/c1-6-3-4-8(15-6)5-9(12)11-7(2)10(13)14/h3-4,7H,5H2,1-2H3,(H,11,12)(H,13,14)/t7-/m1/s1. The Hall–Kier alpha value is -1.78. The zero-order valence-electron chi connectivity index (χ0n) is 8.61. The number of hydrogen-bond donors (Lipinski definition) is 2. The predicted octanol–water partition coefficient (Wildman–Crippen LogP) is 0.720. The van der Waals surface area contributed by atoms with Crippen LogP contribution < -0.4 is 5.32 Å². The molecule has 1 amide bonds. The van der Waals surface area contributed by atoms with Gasteiger partial charge >= 0.3 is 5.97 Å². The van der Waals surface area contributed by atoms with E-state index >= 15 is 0 Å². The highest BCUT2D eigenvalue weighted by Crippen LogP contribution is 2.06. The summed E-state index contributed by atoms with van der Waals surface area (Å²) in [6.45, 7) is 3.19. The second kappa shape index (κ2) is 4.63. The second-order valence-corrected chi connectivity index (χ2v) is 3.32. The van der Waals surface area contributed by atoms with Crippen molar-refractivity contribution in [3.8, 4) is 0 Å². The van der Waals surface area contributed by atoms with Crippen LogP contribution in [0.15, 0.2) is 16.5 Å². The Morgan fingerprint density at radius 3 is 2.67 bits per heavy atom. The molecule has 0 fully saturated rings. The molecule has 0 aliphatic rings.